The first kappa shape index (κ1) is 16.7. The predicted molar refractivity (Wildman–Crippen MR) is 85.6 cm³/mol. The largest absolute Gasteiger partial charge is 0.481 e. The van der Waals surface area contributed by atoms with Crippen molar-refractivity contribution in [3.8, 4) is 0 Å². The molecule has 0 amide bonds. The molecular weight excluding hydrogens is 322 g/mol. The molecule has 2 aromatic rings. The molecule has 0 aliphatic heterocycles. The summed E-state index contributed by atoms with van der Waals surface area (Å²) >= 11 is 1.54. The van der Waals surface area contributed by atoms with Crippen LogP contribution in [0.4, 0.5) is 0 Å². The van der Waals surface area contributed by atoms with E-state index in [9.17, 15) is 13.2 Å². The molecular formula is C15H17NO4S2. The van der Waals surface area contributed by atoms with Crippen molar-refractivity contribution in [3.63, 3.8) is 0 Å². The highest BCUT2D eigenvalue weighted by Gasteiger charge is 2.19. The van der Waals surface area contributed by atoms with Crippen LogP contribution in [0, 0.1) is 6.92 Å². The van der Waals surface area contributed by atoms with Crippen molar-refractivity contribution in [2.45, 2.75) is 31.2 Å². The molecule has 1 heterocycles. The van der Waals surface area contributed by atoms with E-state index in [-0.39, 0.29) is 17.4 Å². The summed E-state index contributed by atoms with van der Waals surface area (Å²) in [5.74, 6) is -0.995. The Labute approximate surface area is 133 Å². The van der Waals surface area contributed by atoms with Crippen molar-refractivity contribution in [1.29, 1.82) is 0 Å². The molecule has 1 unspecified atom stereocenters. The fourth-order valence-corrected chi connectivity index (χ4v) is 4.29. The molecule has 0 radical (unpaired) electrons. The fraction of sp³-hybridized carbons (Fsp3) is 0.267. The van der Waals surface area contributed by atoms with Gasteiger partial charge in [-0.25, -0.2) is 13.1 Å². The Morgan fingerprint density at radius 2 is 2.05 bits per heavy atom. The number of hydrogen-bond donors (Lipinski definition) is 2. The van der Waals surface area contributed by atoms with Crippen LogP contribution in [0.15, 0.2) is 41.3 Å². The summed E-state index contributed by atoms with van der Waals surface area (Å²) in [4.78, 5) is 12.9. The molecule has 1 aromatic heterocycles. The lowest BCUT2D eigenvalue weighted by molar-refractivity contribution is -0.136. The number of hydrogen-bond acceptors (Lipinski definition) is 4. The summed E-state index contributed by atoms with van der Waals surface area (Å²) in [5.41, 5.74) is 0.454. The van der Waals surface area contributed by atoms with E-state index < -0.39 is 16.0 Å². The lowest BCUT2D eigenvalue weighted by Crippen LogP contribution is -2.26. The summed E-state index contributed by atoms with van der Waals surface area (Å²) in [6, 6.07) is 9.49. The van der Waals surface area contributed by atoms with E-state index in [1.165, 1.54) is 23.5 Å². The number of carboxylic acids is 1. The van der Waals surface area contributed by atoms with E-state index in [1.54, 1.807) is 19.1 Å². The maximum Gasteiger partial charge on any atom is 0.307 e. The quantitative estimate of drug-likeness (QED) is 0.847. The summed E-state index contributed by atoms with van der Waals surface area (Å²) in [6.07, 6.45) is -0.205. The summed E-state index contributed by atoms with van der Waals surface area (Å²) in [6.45, 7) is 3.74. The molecule has 0 fully saturated rings. The van der Waals surface area contributed by atoms with Crippen LogP contribution in [0.2, 0.25) is 0 Å². The number of sulfonamides is 1. The van der Waals surface area contributed by atoms with Gasteiger partial charge in [0.1, 0.15) is 0 Å². The Hall–Kier alpha value is -1.70. The van der Waals surface area contributed by atoms with Gasteiger partial charge in [0.05, 0.1) is 17.4 Å². The zero-order valence-electron chi connectivity index (χ0n) is 12.2. The Morgan fingerprint density at radius 3 is 2.64 bits per heavy atom. The lowest BCUT2D eigenvalue weighted by atomic mass is 10.2. The second-order valence-corrected chi connectivity index (χ2v) is 8.04. The molecule has 1 atom stereocenters. The lowest BCUT2D eigenvalue weighted by Gasteiger charge is -2.13. The first-order valence-electron chi connectivity index (χ1n) is 6.67. The standard InChI is InChI=1S/C15H17NO4S2/c1-10-6-7-14(21-10)11(2)16-22(19,20)13-5-3-4-12(8-13)9-15(17)18/h3-8,11,16H,9H2,1-2H3,(H,17,18). The smallest absolute Gasteiger partial charge is 0.307 e. The Bertz CT molecular complexity index is 780. The molecule has 0 saturated heterocycles. The fourth-order valence-electron chi connectivity index (χ4n) is 2.04. The highest BCUT2D eigenvalue weighted by atomic mass is 32.2. The third kappa shape index (κ3) is 4.16. The molecule has 0 bridgehead atoms. The van der Waals surface area contributed by atoms with Gasteiger partial charge in [-0.1, -0.05) is 12.1 Å². The average Bonchev–Trinajstić information content (AvgIpc) is 2.85. The molecule has 2 rings (SSSR count). The Balaban J connectivity index is 2.21. The number of thiophene rings is 1. The molecule has 118 valence electrons. The van der Waals surface area contributed by atoms with Crippen LogP contribution < -0.4 is 4.72 Å². The number of benzene rings is 1. The maximum absolute atomic E-state index is 12.4. The first-order chi connectivity index (χ1) is 10.3. The van der Waals surface area contributed by atoms with Crippen LogP contribution >= 0.6 is 11.3 Å². The van der Waals surface area contributed by atoms with Crippen molar-refractivity contribution in [1.82, 2.24) is 4.72 Å². The highest BCUT2D eigenvalue weighted by Crippen LogP contribution is 2.24. The third-order valence-electron chi connectivity index (χ3n) is 3.08. The van der Waals surface area contributed by atoms with Crippen LogP contribution in [-0.2, 0) is 21.2 Å². The zero-order chi connectivity index (χ0) is 16.3. The van der Waals surface area contributed by atoms with Crippen LogP contribution in [0.25, 0.3) is 0 Å². The van der Waals surface area contributed by atoms with Gasteiger partial charge in [-0.05, 0) is 43.7 Å². The SMILES string of the molecule is Cc1ccc(C(C)NS(=O)(=O)c2cccc(CC(=O)O)c2)s1. The van der Waals surface area contributed by atoms with Gasteiger partial charge in [0.15, 0.2) is 0 Å². The summed E-state index contributed by atoms with van der Waals surface area (Å²) < 4.78 is 27.4. The van der Waals surface area contributed by atoms with Gasteiger partial charge in [-0.2, -0.15) is 0 Å². The minimum absolute atomic E-state index is 0.0754. The van der Waals surface area contributed by atoms with Gasteiger partial charge in [0.25, 0.3) is 0 Å². The number of nitrogens with one attached hydrogen (secondary N) is 1. The number of aliphatic carboxylic acids is 1. The molecule has 2 N–H and O–H groups in total. The van der Waals surface area contributed by atoms with Gasteiger partial charge in [0.2, 0.25) is 10.0 Å². The highest BCUT2D eigenvalue weighted by molar-refractivity contribution is 7.89. The molecule has 0 aliphatic rings. The Kier molecular flexibility index (Phi) is 5.00. The minimum atomic E-state index is -3.69. The van der Waals surface area contributed by atoms with E-state index in [0.717, 1.165) is 9.75 Å². The Morgan fingerprint density at radius 1 is 1.32 bits per heavy atom. The number of aryl methyl sites for hydroxylation is 1. The maximum atomic E-state index is 12.4. The second-order valence-electron chi connectivity index (χ2n) is 5.01. The van der Waals surface area contributed by atoms with Crippen LogP contribution in [-0.4, -0.2) is 19.5 Å². The molecule has 0 saturated carbocycles. The second kappa shape index (κ2) is 6.60. The van der Waals surface area contributed by atoms with Gasteiger partial charge in [-0.3, -0.25) is 4.79 Å². The predicted octanol–water partition coefficient (Wildman–Crippen LogP) is 2.72. The van der Waals surface area contributed by atoms with Crippen LogP contribution in [0.3, 0.4) is 0 Å². The average molecular weight is 339 g/mol. The van der Waals surface area contributed by atoms with E-state index in [0.29, 0.717) is 5.56 Å². The van der Waals surface area contributed by atoms with Crippen molar-refractivity contribution >= 4 is 27.3 Å². The number of rotatable bonds is 6. The number of carbonyl (C=O) groups is 1. The van der Waals surface area contributed by atoms with Crippen molar-refractivity contribution in [2.75, 3.05) is 0 Å². The van der Waals surface area contributed by atoms with E-state index in [2.05, 4.69) is 4.72 Å². The summed E-state index contributed by atoms with van der Waals surface area (Å²) in [5, 5.41) is 8.79. The first-order valence-corrected chi connectivity index (χ1v) is 8.97. The van der Waals surface area contributed by atoms with E-state index in [4.69, 9.17) is 5.11 Å². The van der Waals surface area contributed by atoms with Crippen molar-refractivity contribution in [3.05, 3.63) is 51.7 Å². The molecule has 0 aliphatic carbocycles. The topological polar surface area (TPSA) is 83.5 Å². The van der Waals surface area contributed by atoms with E-state index in [1.807, 2.05) is 19.1 Å². The minimum Gasteiger partial charge on any atom is -0.481 e. The normalized spacial score (nSPS) is 13.0. The van der Waals surface area contributed by atoms with E-state index >= 15 is 0 Å². The molecule has 1 aromatic carbocycles. The van der Waals surface area contributed by atoms with Crippen LogP contribution in [0.5, 0.6) is 0 Å². The monoisotopic (exact) mass is 339 g/mol. The molecule has 0 spiro atoms. The molecule has 22 heavy (non-hydrogen) atoms. The third-order valence-corrected chi connectivity index (χ3v) is 5.81. The molecule has 7 heteroatoms. The van der Waals surface area contributed by atoms with Gasteiger partial charge in [-0.15, -0.1) is 11.3 Å². The number of carboxylic acid groups (broad SMARTS) is 1. The van der Waals surface area contributed by atoms with Gasteiger partial charge < -0.3 is 5.11 Å². The molecule has 5 nitrogen and oxygen atoms in total. The van der Waals surface area contributed by atoms with Crippen molar-refractivity contribution in [2.24, 2.45) is 0 Å². The summed E-state index contributed by atoms with van der Waals surface area (Å²) in [7, 11) is -3.69. The zero-order valence-corrected chi connectivity index (χ0v) is 13.9. The van der Waals surface area contributed by atoms with Gasteiger partial charge >= 0.3 is 5.97 Å². The van der Waals surface area contributed by atoms with Crippen molar-refractivity contribution < 1.29 is 18.3 Å². The van der Waals surface area contributed by atoms with Crippen LogP contribution in [0.1, 0.15) is 28.3 Å². The van der Waals surface area contributed by atoms with Gasteiger partial charge in [0, 0.05) is 9.75 Å².